The van der Waals surface area contributed by atoms with Crippen LogP contribution in [-0.4, -0.2) is 47.2 Å². The van der Waals surface area contributed by atoms with Crippen molar-refractivity contribution in [3.05, 3.63) is 0 Å². The average molecular weight is 244 g/mol. The number of rotatable bonds is 5. The van der Waals surface area contributed by atoms with E-state index in [2.05, 4.69) is 5.32 Å². The first-order valence-electron chi connectivity index (χ1n) is 5.26. The number of nitrogens with one attached hydrogen (secondary N) is 1. The molecule has 1 aliphatic rings. The maximum Gasteiger partial charge on any atom is 0.242 e. The van der Waals surface area contributed by atoms with E-state index in [1.807, 2.05) is 6.92 Å². The Hall–Kier alpha value is -1.04. The van der Waals surface area contributed by atoms with E-state index >= 15 is 0 Å². The Bertz CT molecular complexity index is 306. The Morgan fingerprint density at radius 2 is 2.25 bits per heavy atom. The number of imide groups is 1. The third kappa shape index (κ3) is 2.98. The first-order valence-corrected chi connectivity index (χ1v) is 6.31. The van der Waals surface area contributed by atoms with Crippen LogP contribution >= 0.6 is 11.8 Å². The van der Waals surface area contributed by atoms with Crippen LogP contribution in [0.3, 0.4) is 0 Å². The maximum absolute atomic E-state index is 11.8. The number of nitrogens with zero attached hydrogens (tertiary/aromatic N) is 1. The molecule has 1 aliphatic heterocycles. The first-order chi connectivity index (χ1) is 7.60. The zero-order chi connectivity index (χ0) is 12.1. The molecule has 1 atom stereocenters. The lowest BCUT2D eigenvalue weighted by Crippen LogP contribution is -2.34. The van der Waals surface area contributed by atoms with Gasteiger partial charge in [0.05, 0.1) is 5.25 Å². The molecule has 1 heterocycles. The second-order valence-corrected chi connectivity index (χ2v) is 4.93. The monoisotopic (exact) mass is 244 g/mol. The topological polar surface area (TPSA) is 66.5 Å². The molecule has 1 fully saturated rings. The van der Waals surface area contributed by atoms with E-state index in [0.29, 0.717) is 0 Å². The van der Waals surface area contributed by atoms with Crippen LogP contribution in [0.4, 0.5) is 0 Å². The molecule has 1 rings (SSSR count). The second kappa shape index (κ2) is 5.89. The van der Waals surface area contributed by atoms with Crippen molar-refractivity contribution in [1.82, 2.24) is 10.2 Å². The average Bonchev–Trinajstić information content (AvgIpc) is 2.52. The van der Waals surface area contributed by atoms with Crippen LogP contribution in [0.1, 0.15) is 19.8 Å². The van der Waals surface area contributed by atoms with Gasteiger partial charge >= 0.3 is 0 Å². The summed E-state index contributed by atoms with van der Waals surface area (Å²) >= 11 is 1.48. The van der Waals surface area contributed by atoms with Crippen LogP contribution in [0.5, 0.6) is 0 Å². The van der Waals surface area contributed by atoms with Crippen molar-refractivity contribution in [2.75, 3.05) is 19.3 Å². The molecule has 16 heavy (non-hydrogen) atoms. The summed E-state index contributed by atoms with van der Waals surface area (Å²) in [5.74, 6) is 0.334. The van der Waals surface area contributed by atoms with Crippen molar-refractivity contribution in [2.24, 2.45) is 0 Å². The summed E-state index contributed by atoms with van der Waals surface area (Å²) in [6.07, 6.45) is 0.447. The largest absolute Gasteiger partial charge is 0.359 e. The van der Waals surface area contributed by atoms with Gasteiger partial charge in [-0.3, -0.25) is 19.3 Å². The van der Waals surface area contributed by atoms with Gasteiger partial charge in [-0.1, -0.05) is 6.92 Å². The van der Waals surface area contributed by atoms with E-state index in [0.717, 1.165) is 5.75 Å². The zero-order valence-electron chi connectivity index (χ0n) is 9.49. The normalized spacial score (nSPS) is 20.4. The van der Waals surface area contributed by atoms with Crippen molar-refractivity contribution in [1.29, 1.82) is 0 Å². The Labute approximate surface area is 98.9 Å². The SMILES string of the molecule is CCSC1CC(=O)N(CCC(=O)NC)C1=O. The number of amides is 3. The third-order valence-electron chi connectivity index (χ3n) is 2.41. The lowest BCUT2D eigenvalue weighted by atomic mass is 10.3. The van der Waals surface area contributed by atoms with Gasteiger partial charge in [0.15, 0.2) is 0 Å². The summed E-state index contributed by atoms with van der Waals surface area (Å²) in [6.45, 7) is 2.15. The van der Waals surface area contributed by atoms with Gasteiger partial charge in [0, 0.05) is 26.4 Å². The van der Waals surface area contributed by atoms with Crippen LogP contribution in [0.25, 0.3) is 0 Å². The Morgan fingerprint density at radius 1 is 1.56 bits per heavy atom. The molecule has 1 saturated heterocycles. The molecule has 0 aromatic heterocycles. The number of hydrogen-bond acceptors (Lipinski definition) is 4. The fourth-order valence-corrected chi connectivity index (χ4v) is 2.49. The van der Waals surface area contributed by atoms with Gasteiger partial charge in [-0.25, -0.2) is 0 Å². The molecule has 5 nitrogen and oxygen atoms in total. The lowest BCUT2D eigenvalue weighted by Gasteiger charge is -2.13. The highest BCUT2D eigenvalue weighted by atomic mass is 32.2. The molecule has 1 N–H and O–H groups in total. The second-order valence-electron chi connectivity index (χ2n) is 3.45. The molecule has 0 aromatic carbocycles. The third-order valence-corrected chi connectivity index (χ3v) is 3.52. The number of carbonyl (C=O) groups excluding carboxylic acids is 3. The highest BCUT2D eigenvalue weighted by Crippen LogP contribution is 2.24. The van der Waals surface area contributed by atoms with Crippen molar-refractivity contribution >= 4 is 29.5 Å². The van der Waals surface area contributed by atoms with E-state index in [-0.39, 0.29) is 42.4 Å². The van der Waals surface area contributed by atoms with Gasteiger partial charge < -0.3 is 5.32 Å². The highest BCUT2D eigenvalue weighted by molar-refractivity contribution is 8.00. The Morgan fingerprint density at radius 3 is 2.81 bits per heavy atom. The lowest BCUT2D eigenvalue weighted by molar-refractivity contribution is -0.138. The van der Waals surface area contributed by atoms with E-state index in [1.54, 1.807) is 0 Å². The fourth-order valence-electron chi connectivity index (χ4n) is 1.56. The van der Waals surface area contributed by atoms with Gasteiger partial charge in [0.2, 0.25) is 17.7 Å². The van der Waals surface area contributed by atoms with Gasteiger partial charge in [-0.15, -0.1) is 11.8 Å². The molecule has 0 aliphatic carbocycles. The molecule has 0 radical (unpaired) electrons. The van der Waals surface area contributed by atoms with Crippen LogP contribution in [-0.2, 0) is 14.4 Å². The molecule has 90 valence electrons. The smallest absolute Gasteiger partial charge is 0.242 e. The molecular weight excluding hydrogens is 228 g/mol. The maximum atomic E-state index is 11.8. The van der Waals surface area contributed by atoms with Crippen molar-refractivity contribution < 1.29 is 14.4 Å². The number of hydrogen-bond donors (Lipinski definition) is 1. The number of carbonyl (C=O) groups is 3. The summed E-state index contributed by atoms with van der Waals surface area (Å²) in [4.78, 5) is 35.5. The summed E-state index contributed by atoms with van der Waals surface area (Å²) in [5.41, 5.74) is 0. The van der Waals surface area contributed by atoms with Crippen molar-refractivity contribution in [2.45, 2.75) is 25.0 Å². The van der Waals surface area contributed by atoms with Gasteiger partial charge in [0.1, 0.15) is 0 Å². The molecule has 0 aromatic rings. The van der Waals surface area contributed by atoms with Crippen LogP contribution in [0.15, 0.2) is 0 Å². The van der Waals surface area contributed by atoms with Gasteiger partial charge in [-0.2, -0.15) is 0 Å². The zero-order valence-corrected chi connectivity index (χ0v) is 10.3. The fraction of sp³-hybridized carbons (Fsp3) is 0.700. The van der Waals surface area contributed by atoms with E-state index < -0.39 is 0 Å². The summed E-state index contributed by atoms with van der Waals surface area (Å²) < 4.78 is 0. The van der Waals surface area contributed by atoms with E-state index in [4.69, 9.17) is 0 Å². The summed E-state index contributed by atoms with van der Waals surface area (Å²) in [7, 11) is 1.53. The minimum absolute atomic E-state index is 0.152. The molecule has 6 heteroatoms. The predicted molar refractivity (Wildman–Crippen MR) is 61.9 cm³/mol. The van der Waals surface area contributed by atoms with Crippen molar-refractivity contribution in [3.8, 4) is 0 Å². The molecule has 1 unspecified atom stereocenters. The highest BCUT2D eigenvalue weighted by Gasteiger charge is 2.38. The standard InChI is InChI=1S/C10H16N2O3S/c1-3-16-7-6-9(14)12(10(7)15)5-4-8(13)11-2/h7H,3-6H2,1-2H3,(H,11,13). The quantitative estimate of drug-likeness (QED) is 0.691. The van der Waals surface area contributed by atoms with Gasteiger partial charge in [0.25, 0.3) is 0 Å². The first kappa shape index (κ1) is 13.0. The molecule has 3 amide bonds. The molecule has 0 saturated carbocycles. The van der Waals surface area contributed by atoms with Gasteiger partial charge in [-0.05, 0) is 5.75 Å². The molecule has 0 bridgehead atoms. The Kier molecular flexibility index (Phi) is 4.79. The minimum Gasteiger partial charge on any atom is -0.359 e. The van der Waals surface area contributed by atoms with E-state index in [1.165, 1.54) is 23.7 Å². The van der Waals surface area contributed by atoms with Crippen LogP contribution in [0, 0.1) is 0 Å². The summed E-state index contributed by atoms with van der Waals surface area (Å²) in [6, 6.07) is 0. The van der Waals surface area contributed by atoms with Crippen molar-refractivity contribution in [3.63, 3.8) is 0 Å². The number of thioether (sulfide) groups is 1. The predicted octanol–water partition coefficient (Wildman–Crippen LogP) is 0.00310. The number of likely N-dealkylation sites (tertiary alicyclic amines) is 1. The summed E-state index contributed by atoms with van der Waals surface area (Å²) in [5, 5.41) is 2.21. The van der Waals surface area contributed by atoms with Crippen LogP contribution in [0.2, 0.25) is 0 Å². The Balaban J connectivity index is 2.51. The van der Waals surface area contributed by atoms with E-state index in [9.17, 15) is 14.4 Å². The molecular formula is C10H16N2O3S. The minimum atomic E-state index is -0.248. The molecule has 0 spiro atoms. The van der Waals surface area contributed by atoms with Crippen LogP contribution < -0.4 is 5.32 Å².